The lowest BCUT2D eigenvalue weighted by molar-refractivity contribution is -0.137. The van der Waals surface area contributed by atoms with Crippen molar-refractivity contribution in [1.29, 1.82) is 0 Å². The third kappa shape index (κ3) is 6.26. The van der Waals surface area contributed by atoms with E-state index in [1.165, 1.54) is 12.1 Å². The smallest absolute Gasteiger partial charge is 0.315 e. The van der Waals surface area contributed by atoms with E-state index in [1.54, 1.807) is 19.1 Å². The Hall–Kier alpha value is -2.09. The van der Waals surface area contributed by atoms with Gasteiger partial charge in [-0.1, -0.05) is 12.1 Å². The van der Waals surface area contributed by atoms with E-state index < -0.39 is 27.9 Å². The van der Waals surface area contributed by atoms with Gasteiger partial charge in [-0.3, -0.25) is 4.79 Å². The molecular formula is C13H18N2O5S. The summed E-state index contributed by atoms with van der Waals surface area (Å²) >= 11 is 0. The normalized spacial score (nSPS) is 12.5. The van der Waals surface area contributed by atoms with E-state index in [1.807, 2.05) is 0 Å². The third-order valence-corrected chi connectivity index (χ3v) is 3.79. The Morgan fingerprint density at radius 3 is 2.29 bits per heavy atom. The zero-order chi connectivity index (χ0) is 16.0. The average Bonchev–Trinajstić information content (AvgIpc) is 2.34. The molecule has 0 aromatic heterocycles. The summed E-state index contributed by atoms with van der Waals surface area (Å²) in [6.07, 6.45) is 0.966. The predicted octanol–water partition coefficient (Wildman–Crippen LogP) is 0.752. The van der Waals surface area contributed by atoms with Crippen molar-refractivity contribution in [3.63, 3.8) is 0 Å². The largest absolute Gasteiger partial charge is 0.481 e. The fourth-order valence-corrected chi connectivity index (χ4v) is 2.26. The molecule has 0 spiro atoms. The second kappa shape index (κ2) is 7.07. The van der Waals surface area contributed by atoms with Crippen molar-refractivity contribution >= 4 is 21.8 Å². The van der Waals surface area contributed by atoms with Crippen LogP contribution in [-0.2, 0) is 21.2 Å². The van der Waals surface area contributed by atoms with Gasteiger partial charge < -0.3 is 15.7 Å². The zero-order valence-electron chi connectivity index (χ0n) is 11.8. The summed E-state index contributed by atoms with van der Waals surface area (Å²) in [6, 6.07) is 5.20. The molecule has 8 heteroatoms. The van der Waals surface area contributed by atoms with Gasteiger partial charge in [0, 0.05) is 18.8 Å². The highest BCUT2D eigenvalue weighted by atomic mass is 32.2. The second-order valence-electron chi connectivity index (χ2n) is 4.74. The molecule has 0 aliphatic heterocycles. The first kappa shape index (κ1) is 17.0. The summed E-state index contributed by atoms with van der Waals surface area (Å²) in [4.78, 5) is 22.2. The van der Waals surface area contributed by atoms with Crippen molar-refractivity contribution < 1.29 is 23.1 Å². The maximum Gasteiger partial charge on any atom is 0.315 e. The zero-order valence-corrected chi connectivity index (χ0v) is 12.6. The Labute approximate surface area is 123 Å². The Bertz CT molecular complexity index is 610. The van der Waals surface area contributed by atoms with Crippen LogP contribution < -0.4 is 10.6 Å². The van der Waals surface area contributed by atoms with Gasteiger partial charge in [0.1, 0.15) is 0 Å². The maximum absolute atomic E-state index is 11.5. The van der Waals surface area contributed by atoms with Crippen molar-refractivity contribution in [2.24, 2.45) is 0 Å². The number of urea groups is 1. The third-order valence-electron chi connectivity index (χ3n) is 2.66. The van der Waals surface area contributed by atoms with Gasteiger partial charge in [0.2, 0.25) is 0 Å². The first-order valence-electron chi connectivity index (χ1n) is 6.23. The van der Waals surface area contributed by atoms with Crippen molar-refractivity contribution in [1.82, 2.24) is 10.6 Å². The highest BCUT2D eigenvalue weighted by Crippen LogP contribution is 2.10. The molecule has 2 amide bonds. The predicted molar refractivity (Wildman–Crippen MR) is 76.6 cm³/mol. The number of sulfone groups is 1. The van der Waals surface area contributed by atoms with Crippen molar-refractivity contribution in [3.05, 3.63) is 29.8 Å². The molecule has 0 radical (unpaired) electrons. The lowest BCUT2D eigenvalue weighted by atomic mass is 10.2. The quantitative estimate of drug-likeness (QED) is 0.717. The fraction of sp³-hybridized carbons (Fsp3) is 0.385. The topological polar surface area (TPSA) is 113 Å². The summed E-state index contributed by atoms with van der Waals surface area (Å²) < 4.78 is 22.6. The van der Waals surface area contributed by atoms with Gasteiger partial charge in [-0.25, -0.2) is 13.2 Å². The van der Waals surface area contributed by atoms with E-state index in [-0.39, 0.29) is 17.9 Å². The van der Waals surface area contributed by atoms with Crippen LogP contribution in [0.4, 0.5) is 4.79 Å². The van der Waals surface area contributed by atoms with Gasteiger partial charge in [0.05, 0.1) is 11.3 Å². The Balaban J connectivity index is 2.48. The van der Waals surface area contributed by atoms with Gasteiger partial charge in [-0.05, 0) is 24.6 Å². The lowest BCUT2D eigenvalue weighted by Gasteiger charge is -2.12. The van der Waals surface area contributed by atoms with E-state index in [0.29, 0.717) is 0 Å². The van der Waals surface area contributed by atoms with Gasteiger partial charge in [0.15, 0.2) is 9.84 Å². The van der Waals surface area contributed by atoms with Crippen LogP contribution in [0.1, 0.15) is 18.9 Å². The molecular weight excluding hydrogens is 296 g/mol. The molecule has 0 heterocycles. The monoisotopic (exact) mass is 314 g/mol. The van der Waals surface area contributed by atoms with Crippen LogP contribution in [0.25, 0.3) is 0 Å². The molecule has 1 aromatic carbocycles. The van der Waals surface area contributed by atoms with Gasteiger partial charge in [0.25, 0.3) is 0 Å². The molecule has 3 N–H and O–H groups in total. The van der Waals surface area contributed by atoms with Gasteiger partial charge in [-0.15, -0.1) is 0 Å². The number of aliphatic carboxylic acids is 1. The first-order valence-corrected chi connectivity index (χ1v) is 8.13. The van der Waals surface area contributed by atoms with Gasteiger partial charge in [-0.2, -0.15) is 0 Å². The fourth-order valence-electron chi connectivity index (χ4n) is 1.62. The summed E-state index contributed by atoms with van der Waals surface area (Å²) in [7, 11) is -3.23. The van der Waals surface area contributed by atoms with E-state index >= 15 is 0 Å². The van der Waals surface area contributed by atoms with Crippen LogP contribution in [0.5, 0.6) is 0 Å². The van der Waals surface area contributed by atoms with E-state index in [9.17, 15) is 18.0 Å². The molecule has 1 atom stereocenters. The van der Waals surface area contributed by atoms with Crippen LogP contribution in [0.2, 0.25) is 0 Å². The summed E-state index contributed by atoms with van der Waals surface area (Å²) in [5.74, 6) is -0.987. The Morgan fingerprint density at radius 2 is 1.81 bits per heavy atom. The molecule has 7 nitrogen and oxygen atoms in total. The molecule has 0 fully saturated rings. The molecule has 0 bridgehead atoms. The number of benzene rings is 1. The number of hydrogen-bond acceptors (Lipinski definition) is 4. The molecule has 1 aromatic rings. The highest BCUT2D eigenvalue weighted by molar-refractivity contribution is 7.90. The Kier molecular flexibility index (Phi) is 5.71. The number of carbonyl (C=O) groups excluding carboxylic acids is 1. The van der Waals surface area contributed by atoms with Crippen LogP contribution in [0.15, 0.2) is 29.2 Å². The van der Waals surface area contributed by atoms with Gasteiger partial charge >= 0.3 is 12.0 Å². The number of hydrogen-bond donors (Lipinski definition) is 3. The maximum atomic E-state index is 11.5. The molecule has 0 saturated carbocycles. The van der Waals surface area contributed by atoms with Crippen LogP contribution in [0, 0.1) is 0 Å². The van der Waals surface area contributed by atoms with Crippen molar-refractivity contribution in [3.8, 4) is 0 Å². The summed E-state index contributed by atoms with van der Waals surface area (Å²) in [6.45, 7) is 1.81. The number of carboxylic acid groups (broad SMARTS) is 1. The minimum atomic E-state index is -3.23. The molecule has 1 unspecified atom stereocenters. The Morgan fingerprint density at radius 1 is 1.24 bits per heavy atom. The summed E-state index contributed by atoms with van der Waals surface area (Å²) in [5.41, 5.74) is 0.739. The second-order valence-corrected chi connectivity index (χ2v) is 6.76. The average molecular weight is 314 g/mol. The minimum Gasteiger partial charge on any atom is -0.481 e. The minimum absolute atomic E-state index is 0.156. The van der Waals surface area contributed by atoms with E-state index in [2.05, 4.69) is 10.6 Å². The lowest BCUT2D eigenvalue weighted by Crippen LogP contribution is -2.41. The SMILES string of the molecule is CC(CC(=O)O)NC(=O)NCc1ccc(S(C)(=O)=O)cc1. The number of carboxylic acids is 1. The molecule has 21 heavy (non-hydrogen) atoms. The molecule has 1 rings (SSSR count). The van der Waals surface area contributed by atoms with Crippen molar-refractivity contribution in [2.75, 3.05) is 6.26 Å². The van der Waals surface area contributed by atoms with Crippen LogP contribution >= 0.6 is 0 Å². The highest BCUT2D eigenvalue weighted by Gasteiger charge is 2.11. The number of carbonyl (C=O) groups is 2. The van der Waals surface area contributed by atoms with Crippen LogP contribution in [-0.4, -0.2) is 37.8 Å². The first-order chi connectivity index (χ1) is 9.68. The van der Waals surface area contributed by atoms with Crippen molar-refractivity contribution in [2.45, 2.75) is 30.8 Å². The number of amides is 2. The molecule has 0 aliphatic rings. The number of rotatable bonds is 6. The molecule has 116 valence electrons. The molecule has 0 saturated heterocycles. The van der Waals surface area contributed by atoms with Crippen LogP contribution in [0.3, 0.4) is 0 Å². The summed E-state index contributed by atoms with van der Waals surface area (Å²) in [5, 5.41) is 13.6. The standard InChI is InChI=1S/C13H18N2O5S/c1-9(7-12(16)17)15-13(18)14-8-10-3-5-11(6-4-10)21(2,19)20/h3-6,9H,7-8H2,1-2H3,(H,16,17)(H2,14,15,18). The van der Waals surface area contributed by atoms with E-state index in [0.717, 1.165) is 11.8 Å². The number of nitrogens with one attached hydrogen (secondary N) is 2. The molecule has 0 aliphatic carbocycles. The van der Waals surface area contributed by atoms with E-state index in [4.69, 9.17) is 5.11 Å².